The maximum absolute atomic E-state index is 11.6. The van der Waals surface area contributed by atoms with Crippen molar-refractivity contribution in [1.82, 2.24) is 5.32 Å². The highest BCUT2D eigenvalue weighted by atomic mass is 32.2. The van der Waals surface area contributed by atoms with Gasteiger partial charge in [0.1, 0.15) is 0 Å². The molecule has 0 spiro atoms. The highest BCUT2D eigenvalue weighted by Crippen LogP contribution is 2.01. The molecule has 0 atom stereocenters. The molecule has 116 valence electrons. The fourth-order valence-corrected chi connectivity index (χ4v) is 1.87. The van der Waals surface area contributed by atoms with Crippen molar-refractivity contribution in [2.24, 2.45) is 0 Å². The van der Waals surface area contributed by atoms with Gasteiger partial charge in [-0.25, -0.2) is 9.59 Å². The van der Waals surface area contributed by atoms with Crippen LogP contribution in [0.2, 0.25) is 0 Å². The third-order valence-corrected chi connectivity index (χ3v) is 2.94. The monoisotopic (exact) mass is 307 g/mol. The second-order valence-electron chi connectivity index (χ2n) is 3.55. The smallest absolute Gasteiger partial charge is 0.340 e. The van der Waals surface area contributed by atoms with E-state index in [1.54, 1.807) is 21.0 Å². The first kappa shape index (κ1) is 18.7. The van der Waals surface area contributed by atoms with Crippen molar-refractivity contribution >= 4 is 29.6 Å². The minimum Gasteiger partial charge on any atom is -0.464 e. The first-order chi connectivity index (χ1) is 9.56. The molecular formula is C12H21NO6S. The van der Waals surface area contributed by atoms with Crippen LogP contribution in [0.4, 0.5) is 0 Å². The second-order valence-corrected chi connectivity index (χ2v) is 4.66. The van der Waals surface area contributed by atoms with Crippen LogP contribution >= 0.6 is 11.8 Å². The largest absolute Gasteiger partial charge is 0.464 e. The lowest BCUT2D eigenvalue weighted by Crippen LogP contribution is -2.48. The zero-order chi connectivity index (χ0) is 15.4. The Morgan fingerprint density at radius 1 is 1.10 bits per heavy atom. The molecule has 0 heterocycles. The molecule has 8 heteroatoms. The van der Waals surface area contributed by atoms with Crippen LogP contribution in [0.15, 0.2) is 0 Å². The van der Waals surface area contributed by atoms with Gasteiger partial charge in [-0.05, 0) is 13.8 Å². The summed E-state index contributed by atoms with van der Waals surface area (Å²) in [5, 5.41) is 2.31. The van der Waals surface area contributed by atoms with Gasteiger partial charge in [-0.15, -0.1) is 11.8 Å². The number of hydrogen-bond donors (Lipinski definition) is 1. The first-order valence-electron chi connectivity index (χ1n) is 6.26. The van der Waals surface area contributed by atoms with Gasteiger partial charge in [0.05, 0.1) is 25.6 Å². The summed E-state index contributed by atoms with van der Waals surface area (Å²) in [6.45, 7) is 3.99. The molecule has 0 aliphatic heterocycles. The number of amides is 1. The fraction of sp³-hybridized carbons (Fsp3) is 0.750. The Hall–Kier alpha value is -1.28. The van der Waals surface area contributed by atoms with Crippen LogP contribution in [0, 0.1) is 0 Å². The SMILES string of the molecule is CCOC(=O)C(NC(=O)CSCCOC)C(=O)OCC. The number of rotatable bonds is 10. The molecule has 0 aliphatic rings. The Balaban J connectivity index is 4.36. The van der Waals surface area contributed by atoms with E-state index in [4.69, 9.17) is 14.2 Å². The Labute approximate surface area is 122 Å². The van der Waals surface area contributed by atoms with Gasteiger partial charge in [0.2, 0.25) is 11.9 Å². The van der Waals surface area contributed by atoms with Crippen LogP contribution in [0.25, 0.3) is 0 Å². The molecule has 0 saturated heterocycles. The molecule has 0 radical (unpaired) electrons. The predicted molar refractivity (Wildman–Crippen MR) is 74.4 cm³/mol. The number of ether oxygens (including phenoxy) is 3. The van der Waals surface area contributed by atoms with E-state index >= 15 is 0 Å². The lowest BCUT2D eigenvalue weighted by molar-refractivity contribution is -0.159. The van der Waals surface area contributed by atoms with Gasteiger partial charge in [0.25, 0.3) is 0 Å². The number of esters is 2. The standard InChI is InChI=1S/C12H21NO6S/c1-4-18-11(15)10(12(16)19-5-2)13-9(14)8-20-7-6-17-3/h10H,4-8H2,1-3H3,(H,13,14). The molecular weight excluding hydrogens is 286 g/mol. The van der Waals surface area contributed by atoms with E-state index in [0.29, 0.717) is 12.4 Å². The quantitative estimate of drug-likeness (QED) is 0.344. The molecule has 0 aromatic carbocycles. The maximum Gasteiger partial charge on any atom is 0.340 e. The third-order valence-electron chi connectivity index (χ3n) is 2.01. The molecule has 1 N–H and O–H groups in total. The Bertz CT molecular complexity index is 305. The van der Waals surface area contributed by atoms with Crippen molar-refractivity contribution < 1.29 is 28.6 Å². The predicted octanol–water partition coefficient (Wildman–Crippen LogP) is -0.0230. The van der Waals surface area contributed by atoms with E-state index in [-0.39, 0.29) is 19.0 Å². The van der Waals surface area contributed by atoms with Gasteiger partial charge in [-0.1, -0.05) is 0 Å². The highest BCUT2D eigenvalue weighted by molar-refractivity contribution is 7.99. The number of nitrogens with one attached hydrogen (secondary N) is 1. The van der Waals surface area contributed by atoms with Crippen molar-refractivity contribution in [2.75, 3.05) is 38.4 Å². The molecule has 20 heavy (non-hydrogen) atoms. The van der Waals surface area contributed by atoms with Crippen molar-refractivity contribution in [1.29, 1.82) is 0 Å². The van der Waals surface area contributed by atoms with Gasteiger partial charge in [0.15, 0.2) is 0 Å². The zero-order valence-electron chi connectivity index (χ0n) is 12.0. The van der Waals surface area contributed by atoms with E-state index in [9.17, 15) is 14.4 Å². The van der Waals surface area contributed by atoms with Crippen molar-refractivity contribution in [3.05, 3.63) is 0 Å². The van der Waals surface area contributed by atoms with Crippen LogP contribution in [-0.4, -0.2) is 62.3 Å². The summed E-state index contributed by atoms with van der Waals surface area (Å²) in [6, 6.07) is -1.41. The van der Waals surface area contributed by atoms with Crippen molar-refractivity contribution in [2.45, 2.75) is 19.9 Å². The van der Waals surface area contributed by atoms with Crippen molar-refractivity contribution in [3.8, 4) is 0 Å². The summed E-state index contributed by atoms with van der Waals surface area (Å²) in [7, 11) is 1.57. The molecule has 0 aromatic heterocycles. The fourth-order valence-electron chi connectivity index (χ4n) is 1.18. The van der Waals surface area contributed by atoms with Crippen LogP contribution in [0.3, 0.4) is 0 Å². The molecule has 0 saturated carbocycles. The van der Waals surface area contributed by atoms with E-state index in [2.05, 4.69) is 5.32 Å². The van der Waals surface area contributed by atoms with Gasteiger partial charge in [0, 0.05) is 12.9 Å². The Morgan fingerprint density at radius 2 is 1.65 bits per heavy atom. The van der Waals surface area contributed by atoms with Gasteiger partial charge in [-0.3, -0.25) is 4.79 Å². The molecule has 1 amide bonds. The summed E-state index contributed by atoms with van der Waals surface area (Å²) in [4.78, 5) is 34.9. The summed E-state index contributed by atoms with van der Waals surface area (Å²) in [5.74, 6) is -1.30. The van der Waals surface area contributed by atoms with E-state index in [1.165, 1.54) is 11.8 Å². The molecule has 0 aliphatic carbocycles. The minimum absolute atomic E-state index is 0.118. The first-order valence-corrected chi connectivity index (χ1v) is 7.41. The highest BCUT2D eigenvalue weighted by Gasteiger charge is 2.30. The molecule has 0 fully saturated rings. The number of carbonyl (C=O) groups excluding carboxylic acids is 3. The summed E-state index contributed by atoms with van der Waals surface area (Å²) in [6.07, 6.45) is 0. The van der Waals surface area contributed by atoms with E-state index in [0.717, 1.165) is 0 Å². The maximum atomic E-state index is 11.6. The normalized spacial score (nSPS) is 10.2. The molecule has 0 aromatic rings. The van der Waals surface area contributed by atoms with Crippen LogP contribution < -0.4 is 5.32 Å². The molecule has 0 unspecified atom stereocenters. The zero-order valence-corrected chi connectivity index (χ0v) is 12.8. The van der Waals surface area contributed by atoms with Gasteiger partial charge >= 0.3 is 11.9 Å². The Morgan fingerprint density at radius 3 is 2.10 bits per heavy atom. The molecule has 0 rings (SSSR count). The lowest BCUT2D eigenvalue weighted by Gasteiger charge is -2.15. The second kappa shape index (κ2) is 11.5. The summed E-state index contributed by atoms with van der Waals surface area (Å²) < 4.78 is 14.3. The number of hydrogen-bond acceptors (Lipinski definition) is 7. The number of methoxy groups -OCH3 is 1. The minimum atomic E-state index is -1.41. The number of thioether (sulfide) groups is 1. The summed E-state index contributed by atoms with van der Waals surface area (Å²) >= 11 is 1.34. The summed E-state index contributed by atoms with van der Waals surface area (Å²) in [5.41, 5.74) is 0. The van der Waals surface area contributed by atoms with E-state index in [1.807, 2.05) is 0 Å². The van der Waals surface area contributed by atoms with Crippen LogP contribution in [0.1, 0.15) is 13.8 Å². The van der Waals surface area contributed by atoms with Crippen LogP contribution in [-0.2, 0) is 28.6 Å². The van der Waals surface area contributed by atoms with Gasteiger partial charge in [-0.2, -0.15) is 0 Å². The average Bonchev–Trinajstić information content (AvgIpc) is 2.41. The Kier molecular flexibility index (Phi) is 10.8. The third kappa shape index (κ3) is 8.00. The van der Waals surface area contributed by atoms with E-state index < -0.39 is 23.9 Å². The lowest BCUT2D eigenvalue weighted by atomic mass is 10.3. The molecule has 7 nitrogen and oxygen atoms in total. The topological polar surface area (TPSA) is 90.9 Å². The van der Waals surface area contributed by atoms with Gasteiger partial charge < -0.3 is 19.5 Å². The number of carbonyl (C=O) groups is 3. The molecule has 0 bridgehead atoms. The van der Waals surface area contributed by atoms with Crippen LogP contribution in [0.5, 0.6) is 0 Å². The average molecular weight is 307 g/mol. The van der Waals surface area contributed by atoms with Crippen molar-refractivity contribution in [3.63, 3.8) is 0 Å².